The van der Waals surface area contributed by atoms with E-state index in [-0.39, 0.29) is 5.91 Å². The van der Waals surface area contributed by atoms with Crippen molar-refractivity contribution in [3.63, 3.8) is 0 Å². The first kappa shape index (κ1) is 12.3. The highest BCUT2D eigenvalue weighted by Crippen LogP contribution is 2.31. The van der Waals surface area contributed by atoms with Crippen molar-refractivity contribution in [2.45, 2.75) is 0 Å². The minimum atomic E-state index is -0.0405. The molecule has 1 fully saturated rings. The highest BCUT2D eigenvalue weighted by molar-refractivity contribution is 8.26. The summed E-state index contributed by atoms with van der Waals surface area (Å²) in [5, 5.41) is 1.06. The fourth-order valence-electron chi connectivity index (χ4n) is 1.88. The summed E-state index contributed by atoms with van der Waals surface area (Å²) in [6.45, 7) is 0. The van der Waals surface area contributed by atoms with E-state index in [9.17, 15) is 4.79 Å². The third-order valence-corrected chi connectivity index (χ3v) is 4.40. The lowest BCUT2D eigenvalue weighted by molar-refractivity contribution is -0.121. The van der Waals surface area contributed by atoms with Gasteiger partial charge in [-0.1, -0.05) is 36.1 Å². The molecule has 0 aliphatic carbocycles. The van der Waals surface area contributed by atoms with Crippen LogP contribution in [0.15, 0.2) is 41.4 Å². The van der Waals surface area contributed by atoms with E-state index in [1.807, 2.05) is 36.4 Å². The Labute approximate surface area is 120 Å². The van der Waals surface area contributed by atoms with Gasteiger partial charge in [0, 0.05) is 18.6 Å². The van der Waals surface area contributed by atoms with Gasteiger partial charge in [-0.3, -0.25) is 14.7 Å². The largest absolute Gasteiger partial charge is 0.296 e. The molecule has 0 radical (unpaired) electrons. The van der Waals surface area contributed by atoms with Crippen LogP contribution in [0, 0.1) is 0 Å². The van der Waals surface area contributed by atoms with Crippen LogP contribution >= 0.6 is 24.0 Å². The molecule has 2 aromatic rings. The van der Waals surface area contributed by atoms with Gasteiger partial charge >= 0.3 is 0 Å². The van der Waals surface area contributed by atoms with Crippen LogP contribution in [-0.4, -0.2) is 27.2 Å². The number of amides is 1. The summed E-state index contributed by atoms with van der Waals surface area (Å²) in [5.74, 6) is -0.0405. The molecule has 19 heavy (non-hydrogen) atoms. The van der Waals surface area contributed by atoms with E-state index in [0.29, 0.717) is 9.23 Å². The van der Waals surface area contributed by atoms with Crippen LogP contribution in [0.2, 0.25) is 0 Å². The summed E-state index contributed by atoms with van der Waals surface area (Å²) in [6, 6.07) is 9.83. The van der Waals surface area contributed by atoms with Gasteiger partial charge in [0.05, 0.1) is 10.4 Å². The van der Waals surface area contributed by atoms with Gasteiger partial charge in [0.1, 0.15) is 4.32 Å². The quantitative estimate of drug-likeness (QED) is 0.596. The second kappa shape index (κ2) is 4.75. The first-order valence-electron chi connectivity index (χ1n) is 5.71. The number of pyridine rings is 1. The smallest absolute Gasteiger partial charge is 0.265 e. The summed E-state index contributed by atoms with van der Waals surface area (Å²) < 4.78 is 0.596. The first-order chi connectivity index (χ1) is 9.15. The number of thioether (sulfide) groups is 1. The van der Waals surface area contributed by atoms with E-state index in [1.54, 1.807) is 13.2 Å². The van der Waals surface area contributed by atoms with Gasteiger partial charge in [-0.2, -0.15) is 0 Å². The van der Waals surface area contributed by atoms with Gasteiger partial charge < -0.3 is 0 Å². The van der Waals surface area contributed by atoms with Crippen LogP contribution in [-0.2, 0) is 4.79 Å². The highest BCUT2D eigenvalue weighted by atomic mass is 32.2. The normalized spacial score (nSPS) is 17.7. The zero-order valence-corrected chi connectivity index (χ0v) is 11.8. The molecule has 0 N–H and O–H groups in total. The number of rotatable bonds is 1. The molecule has 3 rings (SSSR count). The molecule has 1 amide bonds. The van der Waals surface area contributed by atoms with Gasteiger partial charge in [0.15, 0.2) is 0 Å². The maximum atomic E-state index is 11.9. The van der Waals surface area contributed by atoms with Gasteiger partial charge in [0.2, 0.25) is 0 Å². The zero-order valence-electron chi connectivity index (χ0n) is 10.2. The van der Waals surface area contributed by atoms with Crippen LogP contribution in [0.5, 0.6) is 0 Å². The SMILES string of the molecule is CN1C(=O)C(=Cc2ccc3ncccc3c2)SC1=S. The van der Waals surface area contributed by atoms with E-state index < -0.39 is 0 Å². The number of aromatic nitrogens is 1. The number of carbonyl (C=O) groups is 1. The maximum absolute atomic E-state index is 11.9. The van der Waals surface area contributed by atoms with E-state index in [1.165, 1.54) is 16.7 Å². The van der Waals surface area contributed by atoms with Crippen molar-refractivity contribution in [1.82, 2.24) is 9.88 Å². The Kier molecular flexibility index (Phi) is 3.08. The van der Waals surface area contributed by atoms with Crippen molar-refractivity contribution in [3.05, 3.63) is 47.0 Å². The number of likely N-dealkylation sites (N-methyl/N-ethyl adjacent to an activating group) is 1. The monoisotopic (exact) mass is 286 g/mol. The zero-order chi connectivity index (χ0) is 13.4. The van der Waals surface area contributed by atoms with Crippen molar-refractivity contribution < 1.29 is 4.79 Å². The van der Waals surface area contributed by atoms with Crippen molar-refractivity contribution in [3.8, 4) is 0 Å². The summed E-state index contributed by atoms with van der Waals surface area (Å²) in [7, 11) is 1.70. The number of carbonyl (C=O) groups excluding carboxylic acids is 1. The third kappa shape index (κ3) is 2.27. The topological polar surface area (TPSA) is 33.2 Å². The molecule has 1 aliphatic heterocycles. The second-order valence-electron chi connectivity index (χ2n) is 4.20. The van der Waals surface area contributed by atoms with Crippen molar-refractivity contribution in [1.29, 1.82) is 0 Å². The number of thiocarbonyl (C=S) groups is 1. The number of hydrogen-bond donors (Lipinski definition) is 0. The molecule has 2 heterocycles. The molecule has 3 nitrogen and oxygen atoms in total. The van der Waals surface area contributed by atoms with Crippen LogP contribution in [0.1, 0.15) is 5.56 Å². The lowest BCUT2D eigenvalue weighted by atomic mass is 10.1. The summed E-state index contributed by atoms with van der Waals surface area (Å²) in [5.41, 5.74) is 1.93. The molecular weight excluding hydrogens is 276 g/mol. The Hall–Kier alpha value is -1.72. The van der Waals surface area contributed by atoms with Crippen molar-refractivity contribution in [2.24, 2.45) is 0 Å². The lowest BCUT2D eigenvalue weighted by Crippen LogP contribution is -2.22. The van der Waals surface area contributed by atoms with Crippen molar-refractivity contribution in [2.75, 3.05) is 7.05 Å². The lowest BCUT2D eigenvalue weighted by Gasteiger charge is -2.03. The molecule has 1 aliphatic rings. The van der Waals surface area contributed by atoms with Gasteiger partial charge in [-0.15, -0.1) is 0 Å². The Morgan fingerprint density at radius 3 is 2.95 bits per heavy atom. The van der Waals surface area contributed by atoms with Crippen LogP contribution in [0.25, 0.3) is 17.0 Å². The summed E-state index contributed by atoms with van der Waals surface area (Å²) in [4.78, 5) is 18.3. The molecule has 1 aromatic heterocycles. The average Bonchev–Trinajstić information content (AvgIpc) is 2.66. The fraction of sp³-hybridized carbons (Fsp3) is 0.0714. The van der Waals surface area contributed by atoms with Crippen molar-refractivity contribution >= 4 is 51.2 Å². The molecule has 1 aromatic carbocycles. The summed E-state index contributed by atoms with van der Waals surface area (Å²) >= 11 is 6.44. The third-order valence-electron chi connectivity index (χ3n) is 2.91. The molecule has 0 atom stereocenters. The first-order valence-corrected chi connectivity index (χ1v) is 6.94. The van der Waals surface area contributed by atoms with Gasteiger partial charge in [0.25, 0.3) is 5.91 Å². The Morgan fingerprint density at radius 2 is 2.21 bits per heavy atom. The van der Waals surface area contributed by atoms with Gasteiger partial charge in [-0.05, 0) is 29.8 Å². The number of fused-ring (bicyclic) bond motifs is 1. The van der Waals surface area contributed by atoms with Crippen LogP contribution in [0.3, 0.4) is 0 Å². The molecule has 5 heteroatoms. The summed E-state index contributed by atoms with van der Waals surface area (Å²) in [6.07, 6.45) is 3.64. The Bertz CT molecular complexity index is 724. The fourth-order valence-corrected chi connectivity index (χ4v) is 3.06. The predicted molar refractivity (Wildman–Crippen MR) is 82.7 cm³/mol. The Balaban J connectivity index is 2.02. The van der Waals surface area contributed by atoms with E-state index in [0.717, 1.165) is 16.5 Å². The number of benzene rings is 1. The molecular formula is C14H10N2OS2. The molecule has 0 bridgehead atoms. The number of hydrogen-bond acceptors (Lipinski definition) is 4. The number of nitrogens with zero attached hydrogens (tertiary/aromatic N) is 2. The van der Waals surface area contributed by atoms with E-state index >= 15 is 0 Å². The van der Waals surface area contributed by atoms with Crippen LogP contribution < -0.4 is 0 Å². The van der Waals surface area contributed by atoms with Gasteiger partial charge in [-0.25, -0.2) is 0 Å². The molecule has 0 unspecified atom stereocenters. The molecule has 0 saturated carbocycles. The van der Waals surface area contributed by atoms with E-state index in [2.05, 4.69) is 4.98 Å². The Morgan fingerprint density at radius 1 is 1.37 bits per heavy atom. The average molecular weight is 286 g/mol. The molecule has 94 valence electrons. The van der Waals surface area contributed by atoms with Crippen LogP contribution in [0.4, 0.5) is 0 Å². The molecule has 0 spiro atoms. The van der Waals surface area contributed by atoms with E-state index in [4.69, 9.17) is 12.2 Å². The minimum Gasteiger partial charge on any atom is -0.296 e. The second-order valence-corrected chi connectivity index (χ2v) is 5.87. The minimum absolute atomic E-state index is 0.0405. The maximum Gasteiger partial charge on any atom is 0.265 e. The standard InChI is InChI=1S/C14H10N2OS2/c1-16-13(17)12(19-14(16)18)8-9-4-5-11-10(7-9)3-2-6-15-11/h2-8H,1H3. The highest BCUT2D eigenvalue weighted by Gasteiger charge is 2.28. The molecule has 1 saturated heterocycles. The predicted octanol–water partition coefficient (Wildman–Crippen LogP) is 3.07.